The fraction of sp³-hybridized carbons (Fsp3) is 0.222. The SMILES string of the molecule is COc1c(C)c2c(c(C=O)c1Cl)Oc1c(C)c(O)c(Cl)c(C)c1C(=O)O2. The summed E-state index contributed by atoms with van der Waals surface area (Å²) in [5.74, 6) is -0.710. The van der Waals surface area contributed by atoms with Gasteiger partial charge in [-0.15, -0.1) is 0 Å². The highest BCUT2D eigenvalue weighted by atomic mass is 35.5. The molecule has 0 spiro atoms. The Labute approximate surface area is 159 Å². The summed E-state index contributed by atoms with van der Waals surface area (Å²) in [6.07, 6.45) is 0.486. The summed E-state index contributed by atoms with van der Waals surface area (Å²) in [5, 5.41) is 10.3. The molecule has 0 bridgehead atoms. The van der Waals surface area contributed by atoms with Crippen LogP contribution in [0.4, 0.5) is 0 Å². The van der Waals surface area contributed by atoms with Crippen molar-refractivity contribution in [2.24, 2.45) is 0 Å². The van der Waals surface area contributed by atoms with Crippen LogP contribution in [0, 0.1) is 20.8 Å². The fourth-order valence-electron chi connectivity index (χ4n) is 2.89. The van der Waals surface area contributed by atoms with E-state index in [1.54, 1.807) is 13.8 Å². The second-order valence-corrected chi connectivity index (χ2v) is 6.53. The van der Waals surface area contributed by atoms with Gasteiger partial charge in [-0.25, -0.2) is 4.79 Å². The molecular formula is C18H14Cl2O6. The number of fused-ring (bicyclic) bond motifs is 2. The number of hydrogen-bond donors (Lipinski definition) is 1. The average Bonchev–Trinajstić information content (AvgIpc) is 2.76. The van der Waals surface area contributed by atoms with E-state index in [-0.39, 0.29) is 55.5 Å². The van der Waals surface area contributed by atoms with E-state index in [1.165, 1.54) is 14.0 Å². The number of rotatable bonds is 2. The molecule has 0 aromatic heterocycles. The normalized spacial score (nSPS) is 12.5. The molecule has 26 heavy (non-hydrogen) atoms. The zero-order chi connectivity index (χ0) is 19.3. The first-order valence-corrected chi connectivity index (χ1v) is 8.26. The van der Waals surface area contributed by atoms with Gasteiger partial charge >= 0.3 is 5.97 Å². The number of phenols is 1. The quantitative estimate of drug-likeness (QED) is 0.447. The molecule has 0 saturated carbocycles. The number of carbonyl (C=O) groups excluding carboxylic acids is 2. The maximum absolute atomic E-state index is 12.7. The molecule has 0 fully saturated rings. The maximum Gasteiger partial charge on any atom is 0.347 e. The van der Waals surface area contributed by atoms with Gasteiger partial charge in [0.1, 0.15) is 22.8 Å². The van der Waals surface area contributed by atoms with E-state index in [0.29, 0.717) is 17.4 Å². The maximum atomic E-state index is 12.7. The highest BCUT2D eigenvalue weighted by molar-refractivity contribution is 6.35. The predicted octanol–water partition coefficient (Wildman–Crippen LogP) is 4.77. The van der Waals surface area contributed by atoms with Crippen LogP contribution in [0.2, 0.25) is 10.0 Å². The first kappa shape index (κ1) is 18.4. The van der Waals surface area contributed by atoms with Gasteiger partial charge in [0.15, 0.2) is 17.8 Å². The zero-order valence-electron chi connectivity index (χ0n) is 14.3. The number of hydrogen-bond acceptors (Lipinski definition) is 6. The molecule has 1 N–H and O–H groups in total. The minimum absolute atomic E-state index is 0.0176. The van der Waals surface area contributed by atoms with Gasteiger partial charge in [0, 0.05) is 11.1 Å². The van der Waals surface area contributed by atoms with Crippen molar-refractivity contribution in [3.63, 3.8) is 0 Å². The Morgan fingerprint density at radius 2 is 1.62 bits per heavy atom. The molecule has 6 nitrogen and oxygen atoms in total. The predicted molar refractivity (Wildman–Crippen MR) is 95.8 cm³/mol. The molecular weight excluding hydrogens is 383 g/mol. The van der Waals surface area contributed by atoms with Crippen LogP contribution < -0.4 is 14.2 Å². The van der Waals surface area contributed by atoms with Gasteiger partial charge in [-0.3, -0.25) is 4.79 Å². The van der Waals surface area contributed by atoms with Crippen LogP contribution in [0.15, 0.2) is 0 Å². The van der Waals surface area contributed by atoms with E-state index < -0.39 is 5.97 Å². The molecule has 3 rings (SSSR count). The van der Waals surface area contributed by atoms with Crippen molar-refractivity contribution in [3.8, 4) is 28.7 Å². The highest BCUT2D eigenvalue weighted by Crippen LogP contribution is 2.52. The van der Waals surface area contributed by atoms with Gasteiger partial charge in [-0.05, 0) is 26.3 Å². The van der Waals surface area contributed by atoms with Crippen LogP contribution in [0.1, 0.15) is 37.4 Å². The number of benzene rings is 2. The van der Waals surface area contributed by atoms with Crippen LogP contribution in [0.25, 0.3) is 0 Å². The smallest absolute Gasteiger partial charge is 0.347 e. The number of methoxy groups -OCH3 is 1. The molecule has 1 heterocycles. The van der Waals surface area contributed by atoms with Crippen molar-refractivity contribution < 1.29 is 28.9 Å². The summed E-state index contributed by atoms with van der Waals surface area (Å²) >= 11 is 12.4. The zero-order valence-corrected chi connectivity index (χ0v) is 15.8. The van der Waals surface area contributed by atoms with E-state index >= 15 is 0 Å². The topological polar surface area (TPSA) is 82.1 Å². The van der Waals surface area contributed by atoms with E-state index in [2.05, 4.69) is 0 Å². The van der Waals surface area contributed by atoms with Crippen molar-refractivity contribution in [2.45, 2.75) is 20.8 Å². The third-order valence-electron chi connectivity index (χ3n) is 4.33. The molecule has 0 atom stereocenters. The van der Waals surface area contributed by atoms with Gasteiger partial charge in [0.25, 0.3) is 0 Å². The van der Waals surface area contributed by atoms with Gasteiger partial charge < -0.3 is 19.3 Å². The lowest BCUT2D eigenvalue weighted by molar-refractivity contribution is 0.0734. The Kier molecular flexibility index (Phi) is 4.50. The third-order valence-corrected chi connectivity index (χ3v) is 5.17. The first-order valence-electron chi connectivity index (χ1n) is 7.51. The molecule has 136 valence electrons. The minimum atomic E-state index is -0.731. The molecule has 0 radical (unpaired) electrons. The van der Waals surface area contributed by atoms with Crippen LogP contribution in [-0.2, 0) is 0 Å². The van der Waals surface area contributed by atoms with Crippen LogP contribution in [0.3, 0.4) is 0 Å². The average molecular weight is 397 g/mol. The molecule has 0 amide bonds. The first-order chi connectivity index (χ1) is 12.2. The molecule has 2 aromatic carbocycles. The highest BCUT2D eigenvalue weighted by Gasteiger charge is 2.34. The Bertz CT molecular complexity index is 981. The number of carbonyl (C=O) groups is 2. The van der Waals surface area contributed by atoms with E-state index in [0.717, 1.165) is 0 Å². The lowest BCUT2D eigenvalue weighted by Crippen LogP contribution is -2.11. The number of esters is 1. The summed E-state index contributed by atoms with van der Waals surface area (Å²) in [5.41, 5.74) is 0.960. The molecule has 2 aromatic rings. The van der Waals surface area contributed by atoms with Crippen molar-refractivity contribution in [3.05, 3.63) is 37.9 Å². The van der Waals surface area contributed by atoms with Crippen molar-refractivity contribution >= 4 is 35.5 Å². The van der Waals surface area contributed by atoms with Crippen molar-refractivity contribution in [1.29, 1.82) is 0 Å². The molecule has 8 heteroatoms. The molecule has 1 aliphatic heterocycles. The lowest BCUT2D eigenvalue weighted by atomic mass is 10.0. The molecule has 1 aliphatic rings. The number of phenolic OH excluding ortho intramolecular Hbond substituents is 1. The number of aromatic hydroxyl groups is 1. The van der Waals surface area contributed by atoms with E-state index in [9.17, 15) is 14.7 Å². The third kappa shape index (κ3) is 2.40. The summed E-state index contributed by atoms with van der Waals surface area (Å²) in [7, 11) is 1.38. The second kappa shape index (κ2) is 6.37. The monoisotopic (exact) mass is 396 g/mol. The van der Waals surface area contributed by atoms with Crippen molar-refractivity contribution in [2.75, 3.05) is 7.11 Å². The van der Waals surface area contributed by atoms with E-state index in [1.807, 2.05) is 0 Å². The molecule has 0 unspecified atom stereocenters. The minimum Gasteiger partial charge on any atom is -0.506 e. The summed E-state index contributed by atoms with van der Waals surface area (Å²) in [4.78, 5) is 24.4. The Hall–Kier alpha value is -2.44. The number of ether oxygens (including phenoxy) is 3. The largest absolute Gasteiger partial charge is 0.506 e. The van der Waals surface area contributed by atoms with Gasteiger partial charge in [-0.2, -0.15) is 0 Å². The van der Waals surface area contributed by atoms with Crippen LogP contribution >= 0.6 is 23.2 Å². The standard InChI is InChI=1S/C18H14Cl2O6/c1-6-10-14(7(2)13(22)11(6)19)25-17-9(5-21)12(20)15(24-4)8(3)16(17)26-18(10)23/h5,22H,1-4H3. The summed E-state index contributed by atoms with van der Waals surface area (Å²) < 4.78 is 16.6. The van der Waals surface area contributed by atoms with Crippen molar-refractivity contribution in [1.82, 2.24) is 0 Å². The van der Waals surface area contributed by atoms with Gasteiger partial charge in [0.05, 0.1) is 22.7 Å². The number of aldehydes is 1. The fourth-order valence-corrected chi connectivity index (χ4v) is 3.48. The summed E-state index contributed by atoms with van der Waals surface area (Å²) in [6, 6.07) is 0. The Balaban J connectivity index is 2.42. The Morgan fingerprint density at radius 1 is 0.962 bits per heavy atom. The lowest BCUT2D eigenvalue weighted by Gasteiger charge is -2.17. The van der Waals surface area contributed by atoms with Crippen LogP contribution in [0.5, 0.6) is 28.7 Å². The Morgan fingerprint density at radius 3 is 2.19 bits per heavy atom. The summed E-state index contributed by atoms with van der Waals surface area (Å²) in [6.45, 7) is 4.72. The van der Waals surface area contributed by atoms with Gasteiger partial charge in [-0.1, -0.05) is 23.2 Å². The second-order valence-electron chi connectivity index (χ2n) is 5.77. The van der Waals surface area contributed by atoms with Crippen LogP contribution in [-0.4, -0.2) is 24.5 Å². The number of halogens is 2. The molecule has 0 aliphatic carbocycles. The van der Waals surface area contributed by atoms with E-state index in [4.69, 9.17) is 37.4 Å². The van der Waals surface area contributed by atoms with Gasteiger partial charge in [0.2, 0.25) is 0 Å². The molecule has 0 saturated heterocycles.